The standard InChI is InChI=1S/C17H13ClN2O3/c18-13-5-11(17-12(6-13)9-22-10-23-17)8-20-15-4-2-1-3-14(15)16(21)7-19-20/h1-7H,8-10H2. The highest BCUT2D eigenvalue weighted by molar-refractivity contribution is 6.30. The molecule has 0 aliphatic carbocycles. The van der Waals surface area contributed by atoms with Gasteiger partial charge in [-0.1, -0.05) is 23.7 Å². The SMILES string of the molecule is O=c1cnn(Cc2cc(Cl)cc3c2OCOC3)c2ccccc12. The van der Waals surface area contributed by atoms with Gasteiger partial charge >= 0.3 is 0 Å². The van der Waals surface area contributed by atoms with Crippen molar-refractivity contribution < 1.29 is 9.47 Å². The summed E-state index contributed by atoms with van der Waals surface area (Å²) in [5.41, 5.74) is 2.52. The molecule has 1 aliphatic rings. The van der Waals surface area contributed by atoms with Crippen molar-refractivity contribution in [3.63, 3.8) is 0 Å². The van der Waals surface area contributed by atoms with Gasteiger partial charge in [0, 0.05) is 21.5 Å². The first kappa shape index (κ1) is 14.2. The molecule has 0 radical (unpaired) electrons. The number of hydrogen-bond donors (Lipinski definition) is 0. The van der Waals surface area contributed by atoms with Crippen molar-refractivity contribution in [3.8, 4) is 5.75 Å². The Hall–Kier alpha value is -2.37. The molecule has 2 aromatic carbocycles. The molecule has 0 atom stereocenters. The van der Waals surface area contributed by atoms with Crippen LogP contribution >= 0.6 is 11.6 Å². The lowest BCUT2D eigenvalue weighted by atomic mass is 10.1. The quantitative estimate of drug-likeness (QED) is 0.725. The van der Waals surface area contributed by atoms with Crippen LogP contribution in [0, 0.1) is 0 Å². The number of para-hydroxylation sites is 1. The van der Waals surface area contributed by atoms with Crippen LogP contribution in [-0.4, -0.2) is 16.6 Å². The van der Waals surface area contributed by atoms with E-state index < -0.39 is 0 Å². The Morgan fingerprint density at radius 3 is 3.04 bits per heavy atom. The third-order valence-electron chi connectivity index (χ3n) is 3.83. The summed E-state index contributed by atoms with van der Waals surface area (Å²) in [7, 11) is 0. The molecule has 0 fully saturated rings. The Labute approximate surface area is 137 Å². The fraction of sp³-hybridized carbons (Fsp3) is 0.176. The minimum absolute atomic E-state index is 0.0883. The van der Waals surface area contributed by atoms with E-state index in [1.54, 1.807) is 10.7 Å². The first-order valence-corrected chi connectivity index (χ1v) is 7.57. The summed E-state index contributed by atoms with van der Waals surface area (Å²) in [5, 5.41) is 5.52. The fourth-order valence-electron chi connectivity index (χ4n) is 2.82. The fourth-order valence-corrected chi connectivity index (χ4v) is 3.09. The number of fused-ring (bicyclic) bond motifs is 2. The Bertz CT molecular complexity index is 952. The molecule has 1 aromatic heterocycles. The average Bonchev–Trinajstić information content (AvgIpc) is 2.57. The number of benzene rings is 2. The Morgan fingerprint density at radius 2 is 2.13 bits per heavy atom. The first-order valence-electron chi connectivity index (χ1n) is 7.19. The maximum absolute atomic E-state index is 11.9. The van der Waals surface area contributed by atoms with Crippen LogP contribution < -0.4 is 10.2 Å². The highest BCUT2D eigenvalue weighted by Crippen LogP contribution is 2.32. The molecular formula is C17H13ClN2O3. The van der Waals surface area contributed by atoms with E-state index in [-0.39, 0.29) is 12.2 Å². The number of ether oxygens (including phenoxy) is 2. The topological polar surface area (TPSA) is 53.4 Å². The predicted octanol–water partition coefficient (Wildman–Crippen LogP) is 2.96. The van der Waals surface area contributed by atoms with E-state index in [4.69, 9.17) is 21.1 Å². The Balaban J connectivity index is 1.85. The van der Waals surface area contributed by atoms with Crippen LogP contribution in [0.2, 0.25) is 5.02 Å². The van der Waals surface area contributed by atoms with Crippen molar-refractivity contribution in [2.24, 2.45) is 0 Å². The van der Waals surface area contributed by atoms with Crippen molar-refractivity contribution in [1.29, 1.82) is 0 Å². The van der Waals surface area contributed by atoms with Crippen LogP contribution in [0.3, 0.4) is 0 Å². The normalized spacial score (nSPS) is 13.6. The summed E-state index contributed by atoms with van der Waals surface area (Å²) in [5.74, 6) is 0.783. The van der Waals surface area contributed by atoms with Crippen molar-refractivity contribution >= 4 is 22.5 Å². The summed E-state index contributed by atoms with van der Waals surface area (Å²) < 4.78 is 12.7. The second-order valence-electron chi connectivity index (χ2n) is 5.35. The lowest BCUT2D eigenvalue weighted by Crippen LogP contribution is -2.16. The Kier molecular flexibility index (Phi) is 3.52. The minimum atomic E-state index is -0.0883. The van der Waals surface area contributed by atoms with Crippen LogP contribution in [0.25, 0.3) is 10.9 Å². The third kappa shape index (κ3) is 2.58. The van der Waals surface area contributed by atoms with Crippen LogP contribution in [0.5, 0.6) is 5.75 Å². The van der Waals surface area contributed by atoms with E-state index >= 15 is 0 Å². The minimum Gasteiger partial charge on any atom is -0.467 e. The van der Waals surface area contributed by atoms with Gasteiger partial charge < -0.3 is 9.47 Å². The number of nitrogens with zero attached hydrogens (tertiary/aromatic N) is 2. The molecule has 116 valence electrons. The average molecular weight is 329 g/mol. The van der Waals surface area contributed by atoms with Gasteiger partial charge in [0.25, 0.3) is 0 Å². The molecule has 0 unspecified atom stereocenters. The lowest BCUT2D eigenvalue weighted by Gasteiger charge is -2.21. The molecule has 2 heterocycles. The van der Waals surface area contributed by atoms with Gasteiger partial charge in [0.2, 0.25) is 5.43 Å². The molecule has 0 saturated carbocycles. The molecule has 0 spiro atoms. The smallest absolute Gasteiger partial charge is 0.207 e. The zero-order chi connectivity index (χ0) is 15.8. The summed E-state index contributed by atoms with van der Waals surface area (Å²) in [6.45, 7) is 1.16. The molecule has 0 bridgehead atoms. The maximum Gasteiger partial charge on any atom is 0.207 e. The zero-order valence-electron chi connectivity index (χ0n) is 12.2. The van der Waals surface area contributed by atoms with E-state index in [1.807, 2.05) is 30.3 Å². The highest BCUT2D eigenvalue weighted by atomic mass is 35.5. The van der Waals surface area contributed by atoms with Gasteiger partial charge in [-0.3, -0.25) is 9.48 Å². The van der Waals surface area contributed by atoms with Gasteiger partial charge in [0.1, 0.15) is 5.75 Å². The summed E-state index contributed by atoms with van der Waals surface area (Å²) in [4.78, 5) is 11.9. The number of aromatic nitrogens is 2. The van der Waals surface area contributed by atoms with Gasteiger partial charge in [-0.05, 0) is 24.3 Å². The molecule has 23 heavy (non-hydrogen) atoms. The molecule has 0 saturated heterocycles. The lowest BCUT2D eigenvalue weighted by molar-refractivity contribution is -0.0171. The van der Waals surface area contributed by atoms with E-state index in [2.05, 4.69) is 5.10 Å². The summed E-state index contributed by atoms with van der Waals surface area (Å²) in [6, 6.07) is 11.1. The zero-order valence-corrected chi connectivity index (χ0v) is 12.9. The van der Waals surface area contributed by atoms with Gasteiger partial charge in [0.15, 0.2) is 6.79 Å². The summed E-state index contributed by atoms with van der Waals surface area (Å²) >= 11 is 6.20. The van der Waals surface area contributed by atoms with Crippen LogP contribution in [-0.2, 0) is 17.9 Å². The summed E-state index contributed by atoms with van der Waals surface area (Å²) in [6.07, 6.45) is 1.34. The monoisotopic (exact) mass is 328 g/mol. The molecule has 4 rings (SSSR count). The van der Waals surface area contributed by atoms with Gasteiger partial charge in [-0.15, -0.1) is 0 Å². The maximum atomic E-state index is 11.9. The second kappa shape index (κ2) is 5.68. The number of hydrogen-bond acceptors (Lipinski definition) is 4. The van der Waals surface area contributed by atoms with Crippen molar-refractivity contribution in [1.82, 2.24) is 9.78 Å². The van der Waals surface area contributed by atoms with Gasteiger partial charge in [-0.2, -0.15) is 5.10 Å². The second-order valence-corrected chi connectivity index (χ2v) is 5.78. The number of rotatable bonds is 2. The van der Waals surface area contributed by atoms with E-state index in [0.717, 1.165) is 22.4 Å². The van der Waals surface area contributed by atoms with Crippen molar-refractivity contribution in [2.75, 3.05) is 6.79 Å². The largest absolute Gasteiger partial charge is 0.467 e. The van der Waals surface area contributed by atoms with E-state index in [0.29, 0.717) is 23.6 Å². The molecular weight excluding hydrogens is 316 g/mol. The van der Waals surface area contributed by atoms with Crippen molar-refractivity contribution in [2.45, 2.75) is 13.2 Å². The Morgan fingerprint density at radius 1 is 1.26 bits per heavy atom. The van der Waals surface area contributed by atoms with Crippen LogP contribution in [0.1, 0.15) is 11.1 Å². The molecule has 0 amide bonds. The molecule has 6 heteroatoms. The molecule has 5 nitrogen and oxygen atoms in total. The number of halogens is 1. The molecule has 0 N–H and O–H groups in total. The van der Waals surface area contributed by atoms with Crippen LogP contribution in [0.15, 0.2) is 47.4 Å². The third-order valence-corrected chi connectivity index (χ3v) is 4.05. The van der Waals surface area contributed by atoms with Crippen molar-refractivity contribution in [3.05, 3.63) is 69.0 Å². The first-order chi connectivity index (χ1) is 11.2. The van der Waals surface area contributed by atoms with E-state index in [9.17, 15) is 4.79 Å². The highest BCUT2D eigenvalue weighted by Gasteiger charge is 2.17. The predicted molar refractivity (Wildman–Crippen MR) is 86.8 cm³/mol. The van der Waals surface area contributed by atoms with Crippen LogP contribution in [0.4, 0.5) is 0 Å². The van der Waals surface area contributed by atoms with Gasteiger partial charge in [-0.25, -0.2) is 0 Å². The molecule has 1 aliphatic heterocycles. The molecule has 3 aromatic rings. The van der Waals surface area contributed by atoms with E-state index in [1.165, 1.54) is 6.20 Å². The van der Waals surface area contributed by atoms with Gasteiger partial charge in [0.05, 0.1) is 24.9 Å².